The molecule has 0 fully saturated rings. The van der Waals surface area contributed by atoms with Crippen LogP contribution in [0, 0.1) is 0 Å². The molecule has 19 heavy (non-hydrogen) atoms. The van der Waals surface area contributed by atoms with Crippen LogP contribution in [-0.2, 0) is 4.79 Å². The molecule has 1 heterocycles. The van der Waals surface area contributed by atoms with Gasteiger partial charge in [0.1, 0.15) is 6.33 Å². The molecule has 3 N–H and O–H groups in total. The molecule has 8 heteroatoms. The lowest BCUT2D eigenvalue weighted by molar-refractivity contribution is -0.115. The topological polar surface area (TPSA) is 80.9 Å². The van der Waals surface area contributed by atoms with Crippen molar-refractivity contribution in [3.63, 3.8) is 0 Å². The van der Waals surface area contributed by atoms with E-state index in [4.69, 9.17) is 17.3 Å². The zero-order chi connectivity index (χ0) is 13.8. The Labute approximate surface area is 123 Å². The SMILES string of the molecule is CC(Sc1ncns1)C(=O)Nc1ccc(Cl)c(N)c1. The van der Waals surface area contributed by atoms with E-state index in [0.717, 1.165) is 4.34 Å². The van der Waals surface area contributed by atoms with Crippen molar-refractivity contribution in [1.29, 1.82) is 0 Å². The molecule has 0 radical (unpaired) electrons. The van der Waals surface area contributed by atoms with Gasteiger partial charge in [0.05, 0.1) is 16.0 Å². The van der Waals surface area contributed by atoms with Crippen LogP contribution in [0.4, 0.5) is 11.4 Å². The molecule has 1 amide bonds. The molecule has 1 aromatic carbocycles. The molecule has 0 aliphatic heterocycles. The second-order valence-electron chi connectivity index (χ2n) is 3.69. The molecule has 2 aromatic rings. The summed E-state index contributed by atoms with van der Waals surface area (Å²) in [5.41, 5.74) is 6.73. The molecular formula is C11H11ClN4OS2. The van der Waals surface area contributed by atoms with E-state index in [0.29, 0.717) is 16.4 Å². The summed E-state index contributed by atoms with van der Waals surface area (Å²) in [7, 11) is 0. The van der Waals surface area contributed by atoms with Crippen molar-refractivity contribution in [3.05, 3.63) is 29.5 Å². The van der Waals surface area contributed by atoms with Gasteiger partial charge in [-0.25, -0.2) is 4.98 Å². The highest BCUT2D eigenvalue weighted by Crippen LogP contribution is 2.26. The first kappa shape index (κ1) is 14.1. The Morgan fingerprint density at radius 1 is 1.58 bits per heavy atom. The molecule has 0 spiro atoms. The van der Waals surface area contributed by atoms with E-state index in [-0.39, 0.29) is 11.2 Å². The van der Waals surface area contributed by atoms with Crippen LogP contribution < -0.4 is 11.1 Å². The summed E-state index contributed by atoms with van der Waals surface area (Å²) in [5, 5.41) is 2.97. The van der Waals surface area contributed by atoms with Crippen molar-refractivity contribution >= 4 is 52.2 Å². The number of benzene rings is 1. The maximum absolute atomic E-state index is 12.0. The van der Waals surface area contributed by atoms with Crippen LogP contribution in [-0.4, -0.2) is 20.5 Å². The highest BCUT2D eigenvalue weighted by atomic mass is 35.5. The van der Waals surface area contributed by atoms with Gasteiger partial charge in [0.15, 0.2) is 4.34 Å². The largest absolute Gasteiger partial charge is 0.397 e. The highest BCUT2D eigenvalue weighted by Gasteiger charge is 2.16. The van der Waals surface area contributed by atoms with Crippen molar-refractivity contribution < 1.29 is 4.79 Å². The first-order chi connectivity index (χ1) is 9.06. The third-order valence-electron chi connectivity index (χ3n) is 2.25. The third-order valence-corrected chi connectivity index (χ3v) is 4.44. The number of nitrogens with one attached hydrogen (secondary N) is 1. The molecular weight excluding hydrogens is 304 g/mol. The smallest absolute Gasteiger partial charge is 0.237 e. The van der Waals surface area contributed by atoms with E-state index in [9.17, 15) is 4.79 Å². The number of nitrogens with two attached hydrogens (primary N) is 1. The molecule has 0 saturated carbocycles. The van der Waals surface area contributed by atoms with E-state index in [2.05, 4.69) is 14.7 Å². The van der Waals surface area contributed by atoms with Crippen LogP contribution in [0.25, 0.3) is 0 Å². The summed E-state index contributed by atoms with van der Waals surface area (Å²) >= 11 is 8.44. The Hall–Kier alpha value is -1.31. The van der Waals surface area contributed by atoms with Crippen molar-refractivity contribution in [1.82, 2.24) is 9.36 Å². The Kier molecular flexibility index (Phi) is 4.62. The van der Waals surface area contributed by atoms with E-state index in [1.165, 1.54) is 29.6 Å². The number of carbonyl (C=O) groups excluding carboxylic acids is 1. The summed E-state index contributed by atoms with van der Waals surface area (Å²) in [4.78, 5) is 16.0. The lowest BCUT2D eigenvalue weighted by Gasteiger charge is -2.11. The van der Waals surface area contributed by atoms with Crippen LogP contribution in [0.1, 0.15) is 6.92 Å². The number of hydrogen-bond donors (Lipinski definition) is 2. The predicted octanol–water partition coefficient (Wildman–Crippen LogP) is 2.89. The summed E-state index contributed by atoms with van der Waals surface area (Å²) in [6.07, 6.45) is 1.47. The van der Waals surface area contributed by atoms with Gasteiger partial charge in [0.25, 0.3) is 0 Å². The minimum Gasteiger partial charge on any atom is -0.397 e. The van der Waals surface area contributed by atoms with Crippen LogP contribution >= 0.6 is 34.9 Å². The average molecular weight is 315 g/mol. The fraction of sp³-hybridized carbons (Fsp3) is 0.182. The van der Waals surface area contributed by atoms with Crippen LogP contribution in [0.15, 0.2) is 28.9 Å². The normalized spacial score (nSPS) is 12.1. The minimum absolute atomic E-state index is 0.123. The van der Waals surface area contributed by atoms with Crippen molar-refractivity contribution in [2.45, 2.75) is 16.5 Å². The second kappa shape index (κ2) is 6.23. The minimum atomic E-state index is -0.273. The Morgan fingerprint density at radius 2 is 2.37 bits per heavy atom. The Bertz CT molecular complexity index is 576. The first-order valence-corrected chi connectivity index (χ1v) is 7.38. The molecule has 2 rings (SSSR count). The number of nitrogens with zero attached hydrogens (tertiary/aromatic N) is 2. The second-order valence-corrected chi connectivity index (χ2v) is 6.47. The van der Waals surface area contributed by atoms with Gasteiger partial charge in [0.2, 0.25) is 5.91 Å². The molecule has 1 unspecified atom stereocenters. The highest BCUT2D eigenvalue weighted by molar-refractivity contribution is 8.02. The van der Waals surface area contributed by atoms with E-state index in [1.807, 2.05) is 0 Å². The van der Waals surface area contributed by atoms with Gasteiger partial charge in [0, 0.05) is 5.69 Å². The summed E-state index contributed by atoms with van der Waals surface area (Å²) in [6.45, 7) is 1.81. The van der Waals surface area contributed by atoms with E-state index < -0.39 is 0 Å². The molecule has 5 nitrogen and oxygen atoms in total. The first-order valence-electron chi connectivity index (χ1n) is 5.35. The summed E-state index contributed by atoms with van der Waals surface area (Å²) in [5.74, 6) is -0.123. The lowest BCUT2D eigenvalue weighted by Crippen LogP contribution is -2.22. The van der Waals surface area contributed by atoms with E-state index >= 15 is 0 Å². The van der Waals surface area contributed by atoms with Crippen molar-refractivity contribution in [2.24, 2.45) is 0 Å². The van der Waals surface area contributed by atoms with Gasteiger partial charge in [-0.1, -0.05) is 23.4 Å². The fourth-order valence-electron chi connectivity index (χ4n) is 1.29. The average Bonchev–Trinajstić information content (AvgIpc) is 2.86. The molecule has 0 aliphatic rings. The van der Waals surface area contributed by atoms with E-state index in [1.54, 1.807) is 25.1 Å². The van der Waals surface area contributed by atoms with Gasteiger partial charge >= 0.3 is 0 Å². The maximum atomic E-state index is 12.0. The number of anilines is 2. The fourth-order valence-corrected chi connectivity index (χ4v) is 2.99. The number of rotatable bonds is 4. The maximum Gasteiger partial charge on any atom is 0.237 e. The zero-order valence-corrected chi connectivity index (χ0v) is 12.4. The summed E-state index contributed by atoms with van der Waals surface area (Å²) in [6, 6.07) is 4.98. The number of hydrogen-bond acceptors (Lipinski definition) is 6. The van der Waals surface area contributed by atoms with Crippen molar-refractivity contribution in [2.75, 3.05) is 11.1 Å². The van der Waals surface area contributed by atoms with Crippen LogP contribution in [0.2, 0.25) is 5.02 Å². The standard InChI is InChI=1S/C11H11ClN4OS2/c1-6(18-11-14-5-15-19-11)10(17)16-7-2-3-8(12)9(13)4-7/h2-6H,13H2,1H3,(H,16,17). The van der Waals surface area contributed by atoms with Gasteiger partial charge in [-0.3, -0.25) is 4.79 Å². The van der Waals surface area contributed by atoms with Gasteiger partial charge in [-0.2, -0.15) is 4.37 Å². The van der Waals surface area contributed by atoms with Crippen LogP contribution in [0.3, 0.4) is 0 Å². The molecule has 1 aromatic heterocycles. The number of carbonyl (C=O) groups is 1. The summed E-state index contributed by atoms with van der Waals surface area (Å²) < 4.78 is 4.65. The monoisotopic (exact) mass is 314 g/mol. The Morgan fingerprint density at radius 3 is 3.00 bits per heavy atom. The molecule has 100 valence electrons. The molecule has 0 bridgehead atoms. The third kappa shape index (κ3) is 3.82. The molecule has 0 aliphatic carbocycles. The number of aromatic nitrogens is 2. The van der Waals surface area contributed by atoms with Crippen molar-refractivity contribution in [3.8, 4) is 0 Å². The number of thioether (sulfide) groups is 1. The number of amides is 1. The predicted molar refractivity (Wildman–Crippen MR) is 79.7 cm³/mol. The lowest BCUT2D eigenvalue weighted by atomic mass is 10.2. The van der Waals surface area contributed by atoms with Gasteiger partial charge < -0.3 is 11.1 Å². The zero-order valence-electron chi connectivity index (χ0n) is 9.96. The molecule has 0 saturated heterocycles. The van der Waals surface area contributed by atoms with Crippen LogP contribution in [0.5, 0.6) is 0 Å². The number of halogens is 1. The molecule has 1 atom stereocenters. The number of nitrogen functional groups attached to an aromatic ring is 1. The quantitative estimate of drug-likeness (QED) is 0.670. The Balaban J connectivity index is 1.98. The van der Waals surface area contributed by atoms with Gasteiger partial charge in [-0.15, -0.1) is 0 Å². The van der Waals surface area contributed by atoms with Gasteiger partial charge in [-0.05, 0) is 36.7 Å².